The number of nitrogens with one attached hydrogen (secondary N) is 2. The standard InChI is InChI=1S/C15H20N2O/c18-14-3-1-2-13(9-14)17-10-11-4-5-15-12(8-11)6-7-16-15/h4-8,13-14,16-18H,1-3,9-10H2. The summed E-state index contributed by atoms with van der Waals surface area (Å²) in [6.45, 7) is 0.887. The van der Waals surface area contributed by atoms with E-state index in [4.69, 9.17) is 0 Å². The molecule has 1 aliphatic rings. The van der Waals surface area contributed by atoms with Gasteiger partial charge in [0.15, 0.2) is 0 Å². The maximum atomic E-state index is 9.65. The summed E-state index contributed by atoms with van der Waals surface area (Å²) in [5, 5.41) is 14.5. The van der Waals surface area contributed by atoms with Gasteiger partial charge in [0.25, 0.3) is 0 Å². The smallest absolute Gasteiger partial charge is 0.0555 e. The first-order valence-corrected chi connectivity index (χ1v) is 6.79. The molecular formula is C15H20N2O. The van der Waals surface area contributed by atoms with Crippen LogP contribution in [0, 0.1) is 0 Å². The van der Waals surface area contributed by atoms with Crippen LogP contribution in [0.5, 0.6) is 0 Å². The number of fused-ring (bicyclic) bond motifs is 1. The molecule has 3 nitrogen and oxygen atoms in total. The van der Waals surface area contributed by atoms with Crippen molar-refractivity contribution in [2.75, 3.05) is 0 Å². The molecule has 1 heterocycles. The van der Waals surface area contributed by atoms with Crippen LogP contribution in [0.1, 0.15) is 31.2 Å². The van der Waals surface area contributed by atoms with Gasteiger partial charge in [0.2, 0.25) is 0 Å². The molecule has 1 aromatic heterocycles. The third kappa shape index (κ3) is 2.57. The zero-order chi connectivity index (χ0) is 12.4. The highest BCUT2D eigenvalue weighted by Crippen LogP contribution is 2.19. The molecule has 1 fully saturated rings. The molecule has 1 aromatic carbocycles. The van der Waals surface area contributed by atoms with Crippen molar-refractivity contribution in [3.05, 3.63) is 36.0 Å². The van der Waals surface area contributed by atoms with Gasteiger partial charge in [-0.05, 0) is 54.8 Å². The monoisotopic (exact) mass is 244 g/mol. The maximum Gasteiger partial charge on any atom is 0.0555 e. The summed E-state index contributed by atoms with van der Waals surface area (Å²) in [5.74, 6) is 0. The van der Waals surface area contributed by atoms with Gasteiger partial charge in [0, 0.05) is 24.3 Å². The first-order chi connectivity index (χ1) is 8.81. The van der Waals surface area contributed by atoms with E-state index in [1.54, 1.807) is 0 Å². The fraction of sp³-hybridized carbons (Fsp3) is 0.467. The van der Waals surface area contributed by atoms with E-state index in [9.17, 15) is 5.11 Å². The largest absolute Gasteiger partial charge is 0.393 e. The molecule has 0 amide bonds. The number of hydrogen-bond acceptors (Lipinski definition) is 2. The van der Waals surface area contributed by atoms with Crippen LogP contribution >= 0.6 is 0 Å². The lowest BCUT2D eigenvalue weighted by molar-refractivity contribution is 0.111. The Labute approximate surface area is 107 Å². The van der Waals surface area contributed by atoms with E-state index < -0.39 is 0 Å². The van der Waals surface area contributed by atoms with Gasteiger partial charge in [-0.1, -0.05) is 6.07 Å². The normalized spacial score (nSPS) is 24.5. The molecule has 1 saturated carbocycles. The molecule has 0 spiro atoms. The molecule has 0 radical (unpaired) electrons. The van der Waals surface area contributed by atoms with Gasteiger partial charge in [0.05, 0.1) is 6.10 Å². The quantitative estimate of drug-likeness (QED) is 0.777. The number of aromatic nitrogens is 1. The molecular weight excluding hydrogens is 224 g/mol. The van der Waals surface area contributed by atoms with Crippen molar-refractivity contribution in [3.63, 3.8) is 0 Å². The van der Waals surface area contributed by atoms with Crippen LogP contribution in [0.2, 0.25) is 0 Å². The Morgan fingerprint density at radius 1 is 1.28 bits per heavy atom. The Morgan fingerprint density at radius 2 is 2.22 bits per heavy atom. The van der Waals surface area contributed by atoms with Crippen LogP contribution in [0.4, 0.5) is 0 Å². The van der Waals surface area contributed by atoms with Gasteiger partial charge in [-0.25, -0.2) is 0 Å². The summed E-state index contributed by atoms with van der Waals surface area (Å²) in [6.07, 6.45) is 6.04. The van der Waals surface area contributed by atoms with Gasteiger partial charge >= 0.3 is 0 Å². The van der Waals surface area contributed by atoms with Crippen molar-refractivity contribution >= 4 is 10.9 Å². The van der Waals surface area contributed by atoms with Gasteiger partial charge in [-0.2, -0.15) is 0 Å². The third-order valence-corrected chi connectivity index (χ3v) is 3.86. The van der Waals surface area contributed by atoms with Gasteiger partial charge in [-0.15, -0.1) is 0 Å². The van der Waals surface area contributed by atoms with Crippen LogP contribution in [0.3, 0.4) is 0 Å². The highest BCUT2D eigenvalue weighted by Gasteiger charge is 2.19. The van der Waals surface area contributed by atoms with Crippen LogP contribution < -0.4 is 5.32 Å². The summed E-state index contributed by atoms with van der Waals surface area (Å²) in [4.78, 5) is 3.20. The maximum absolute atomic E-state index is 9.65. The molecule has 18 heavy (non-hydrogen) atoms. The zero-order valence-electron chi connectivity index (χ0n) is 10.5. The Kier molecular flexibility index (Phi) is 3.35. The predicted octanol–water partition coefficient (Wildman–Crippen LogP) is 2.56. The summed E-state index contributed by atoms with van der Waals surface area (Å²) in [7, 11) is 0. The van der Waals surface area contributed by atoms with Crippen LogP contribution in [-0.2, 0) is 6.54 Å². The number of H-pyrrole nitrogens is 1. The second kappa shape index (κ2) is 5.12. The molecule has 3 rings (SSSR count). The van der Waals surface area contributed by atoms with E-state index in [1.165, 1.54) is 22.9 Å². The first kappa shape index (κ1) is 11.8. The number of hydrogen-bond donors (Lipinski definition) is 3. The van der Waals surface area contributed by atoms with Crippen molar-refractivity contribution in [2.24, 2.45) is 0 Å². The second-order valence-corrected chi connectivity index (χ2v) is 5.30. The van der Waals surface area contributed by atoms with Gasteiger partial charge in [0.1, 0.15) is 0 Å². The van der Waals surface area contributed by atoms with E-state index in [2.05, 4.69) is 34.6 Å². The van der Waals surface area contributed by atoms with Crippen LogP contribution in [0.25, 0.3) is 10.9 Å². The van der Waals surface area contributed by atoms with E-state index in [0.717, 1.165) is 25.8 Å². The van der Waals surface area contributed by atoms with Crippen LogP contribution in [0.15, 0.2) is 30.5 Å². The molecule has 3 N–H and O–H groups in total. The molecule has 96 valence electrons. The number of aliphatic hydroxyl groups is 1. The Morgan fingerprint density at radius 3 is 3.11 bits per heavy atom. The molecule has 2 atom stereocenters. The van der Waals surface area contributed by atoms with Crippen molar-refractivity contribution < 1.29 is 5.11 Å². The topological polar surface area (TPSA) is 48.0 Å². The molecule has 2 aromatic rings. The van der Waals surface area contributed by atoms with Crippen LogP contribution in [-0.4, -0.2) is 22.2 Å². The average molecular weight is 244 g/mol. The average Bonchev–Trinajstić information content (AvgIpc) is 2.84. The Bertz CT molecular complexity index is 520. The number of aromatic amines is 1. The summed E-state index contributed by atoms with van der Waals surface area (Å²) in [6, 6.07) is 9.07. The van der Waals surface area contributed by atoms with Gasteiger partial charge in [-0.3, -0.25) is 0 Å². The molecule has 0 bridgehead atoms. The van der Waals surface area contributed by atoms with E-state index in [0.29, 0.717) is 6.04 Å². The minimum absolute atomic E-state index is 0.108. The number of benzene rings is 1. The molecule has 2 unspecified atom stereocenters. The lowest BCUT2D eigenvalue weighted by atomic mass is 9.93. The lowest BCUT2D eigenvalue weighted by Crippen LogP contribution is -2.35. The fourth-order valence-corrected chi connectivity index (χ4v) is 2.82. The number of aliphatic hydroxyl groups excluding tert-OH is 1. The van der Waals surface area contributed by atoms with E-state index in [1.807, 2.05) is 6.20 Å². The Hall–Kier alpha value is -1.32. The second-order valence-electron chi connectivity index (χ2n) is 5.30. The minimum atomic E-state index is -0.108. The predicted molar refractivity (Wildman–Crippen MR) is 73.4 cm³/mol. The third-order valence-electron chi connectivity index (χ3n) is 3.86. The molecule has 1 aliphatic carbocycles. The first-order valence-electron chi connectivity index (χ1n) is 6.79. The van der Waals surface area contributed by atoms with Crippen molar-refractivity contribution in [2.45, 2.75) is 44.4 Å². The summed E-state index contributed by atoms with van der Waals surface area (Å²) in [5.41, 5.74) is 2.49. The minimum Gasteiger partial charge on any atom is -0.393 e. The molecule has 3 heteroatoms. The molecule has 0 aliphatic heterocycles. The Balaban J connectivity index is 1.61. The van der Waals surface area contributed by atoms with Crippen molar-refractivity contribution in [1.29, 1.82) is 0 Å². The fourth-order valence-electron chi connectivity index (χ4n) is 2.82. The summed E-state index contributed by atoms with van der Waals surface area (Å²) < 4.78 is 0. The summed E-state index contributed by atoms with van der Waals surface area (Å²) >= 11 is 0. The van der Waals surface area contributed by atoms with E-state index >= 15 is 0 Å². The highest BCUT2D eigenvalue weighted by atomic mass is 16.3. The number of rotatable bonds is 3. The SMILES string of the molecule is OC1CCCC(NCc2ccc3[nH]ccc3c2)C1. The zero-order valence-corrected chi connectivity index (χ0v) is 10.5. The van der Waals surface area contributed by atoms with Gasteiger partial charge < -0.3 is 15.4 Å². The highest BCUT2D eigenvalue weighted by molar-refractivity contribution is 5.79. The van der Waals surface area contributed by atoms with E-state index in [-0.39, 0.29) is 6.10 Å². The van der Waals surface area contributed by atoms with Crippen molar-refractivity contribution in [1.82, 2.24) is 10.3 Å². The van der Waals surface area contributed by atoms with Crippen molar-refractivity contribution in [3.8, 4) is 0 Å². The lowest BCUT2D eigenvalue weighted by Gasteiger charge is -2.26. The molecule has 0 saturated heterocycles.